The minimum Gasteiger partial charge on any atom is -0.481 e. The molecule has 1 aliphatic heterocycles. The Morgan fingerprint density at radius 1 is 1.39 bits per heavy atom. The van der Waals surface area contributed by atoms with E-state index in [1.54, 1.807) is 11.8 Å². The molecule has 1 fully saturated rings. The van der Waals surface area contributed by atoms with Crippen LogP contribution in [0.15, 0.2) is 0 Å². The van der Waals surface area contributed by atoms with Crippen molar-refractivity contribution >= 4 is 23.6 Å². The van der Waals surface area contributed by atoms with Gasteiger partial charge >= 0.3 is 5.97 Å². The van der Waals surface area contributed by atoms with Gasteiger partial charge in [-0.15, -0.1) is 11.8 Å². The van der Waals surface area contributed by atoms with Gasteiger partial charge in [0.15, 0.2) is 0 Å². The summed E-state index contributed by atoms with van der Waals surface area (Å²) in [6, 6.07) is 0. The standard InChI is InChI=1S/C13H23NO3S/c1-9(2)7-10(13(16)17)8-14-12(15)11-5-3-4-6-18-11/h9-11H,3-8H2,1-2H3,(H,14,15)(H,16,17). The third-order valence-corrected chi connectivity index (χ3v) is 4.48. The maximum Gasteiger partial charge on any atom is 0.308 e. The lowest BCUT2D eigenvalue weighted by atomic mass is 9.97. The topological polar surface area (TPSA) is 66.4 Å². The van der Waals surface area contributed by atoms with Crippen molar-refractivity contribution in [2.24, 2.45) is 11.8 Å². The molecule has 1 rings (SSSR count). The molecule has 0 aromatic rings. The van der Waals surface area contributed by atoms with Crippen LogP contribution >= 0.6 is 11.8 Å². The van der Waals surface area contributed by atoms with Crippen molar-refractivity contribution in [2.75, 3.05) is 12.3 Å². The Hall–Kier alpha value is -0.710. The van der Waals surface area contributed by atoms with Gasteiger partial charge in [-0.1, -0.05) is 20.3 Å². The number of rotatable bonds is 6. The average molecular weight is 273 g/mol. The number of hydrogen-bond acceptors (Lipinski definition) is 3. The van der Waals surface area contributed by atoms with Crippen molar-refractivity contribution in [1.29, 1.82) is 0 Å². The highest BCUT2D eigenvalue weighted by atomic mass is 32.2. The van der Waals surface area contributed by atoms with Crippen molar-refractivity contribution in [1.82, 2.24) is 5.32 Å². The first-order valence-electron chi connectivity index (χ1n) is 6.62. The second kappa shape index (κ2) is 7.67. The summed E-state index contributed by atoms with van der Waals surface area (Å²) < 4.78 is 0. The van der Waals surface area contributed by atoms with Gasteiger partial charge in [-0.3, -0.25) is 9.59 Å². The summed E-state index contributed by atoms with van der Waals surface area (Å²) in [7, 11) is 0. The van der Waals surface area contributed by atoms with E-state index in [-0.39, 0.29) is 17.7 Å². The number of hydrogen-bond donors (Lipinski definition) is 2. The number of carboxylic acids is 1. The van der Waals surface area contributed by atoms with E-state index in [4.69, 9.17) is 5.11 Å². The van der Waals surface area contributed by atoms with Gasteiger partial charge in [-0.25, -0.2) is 0 Å². The number of aliphatic carboxylic acids is 1. The molecule has 0 aromatic heterocycles. The first kappa shape index (κ1) is 15.3. The summed E-state index contributed by atoms with van der Waals surface area (Å²) >= 11 is 1.69. The van der Waals surface area contributed by atoms with E-state index in [9.17, 15) is 9.59 Å². The lowest BCUT2D eigenvalue weighted by molar-refractivity contribution is -0.142. The molecule has 1 saturated heterocycles. The molecule has 0 bridgehead atoms. The van der Waals surface area contributed by atoms with Crippen LogP contribution in [0.2, 0.25) is 0 Å². The Kier molecular flexibility index (Phi) is 6.54. The number of carbonyl (C=O) groups excluding carboxylic acids is 1. The molecule has 1 heterocycles. The highest BCUT2D eigenvalue weighted by Crippen LogP contribution is 2.25. The SMILES string of the molecule is CC(C)CC(CNC(=O)C1CCCCS1)C(=O)O. The van der Waals surface area contributed by atoms with Crippen LogP contribution in [0, 0.1) is 11.8 Å². The predicted octanol–water partition coefficient (Wildman–Crippen LogP) is 2.14. The Bertz CT molecular complexity index is 288. The van der Waals surface area contributed by atoms with E-state index in [2.05, 4.69) is 5.32 Å². The zero-order valence-electron chi connectivity index (χ0n) is 11.1. The highest BCUT2D eigenvalue weighted by molar-refractivity contribution is 8.00. The molecule has 2 atom stereocenters. The summed E-state index contributed by atoms with van der Waals surface area (Å²) in [6.45, 7) is 4.24. The van der Waals surface area contributed by atoms with Crippen molar-refractivity contribution < 1.29 is 14.7 Å². The van der Waals surface area contributed by atoms with E-state index < -0.39 is 11.9 Å². The maximum absolute atomic E-state index is 11.9. The molecule has 0 aromatic carbocycles. The third-order valence-electron chi connectivity index (χ3n) is 3.10. The first-order chi connectivity index (χ1) is 8.50. The summed E-state index contributed by atoms with van der Waals surface area (Å²) in [6.07, 6.45) is 3.80. The minimum atomic E-state index is -0.819. The maximum atomic E-state index is 11.9. The monoisotopic (exact) mass is 273 g/mol. The van der Waals surface area contributed by atoms with Crippen LogP contribution in [0.25, 0.3) is 0 Å². The normalized spacial score (nSPS) is 21.6. The number of amides is 1. The van der Waals surface area contributed by atoms with Crippen molar-refractivity contribution in [2.45, 2.75) is 44.8 Å². The van der Waals surface area contributed by atoms with E-state index in [1.165, 1.54) is 6.42 Å². The van der Waals surface area contributed by atoms with Gasteiger partial charge in [0.25, 0.3) is 0 Å². The number of carboxylic acid groups (broad SMARTS) is 1. The second-order valence-electron chi connectivity index (χ2n) is 5.27. The van der Waals surface area contributed by atoms with Crippen LogP contribution in [-0.2, 0) is 9.59 Å². The number of nitrogens with one attached hydrogen (secondary N) is 1. The van der Waals surface area contributed by atoms with Gasteiger partial charge < -0.3 is 10.4 Å². The zero-order valence-corrected chi connectivity index (χ0v) is 12.0. The molecule has 0 saturated carbocycles. The number of thioether (sulfide) groups is 1. The molecular formula is C13H23NO3S. The molecule has 1 aliphatic rings. The smallest absolute Gasteiger partial charge is 0.308 e. The first-order valence-corrected chi connectivity index (χ1v) is 7.67. The zero-order chi connectivity index (χ0) is 13.5. The fraction of sp³-hybridized carbons (Fsp3) is 0.846. The quantitative estimate of drug-likeness (QED) is 0.778. The van der Waals surface area contributed by atoms with E-state index in [1.807, 2.05) is 13.8 Å². The summed E-state index contributed by atoms with van der Waals surface area (Å²) in [5.74, 6) is 0.0801. The summed E-state index contributed by atoms with van der Waals surface area (Å²) in [5, 5.41) is 11.9. The van der Waals surface area contributed by atoms with E-state index >= 15 is 0 Å². The lowest BCUT2D eigenvalue weighted by Gasteiger charge is -2.22. The molecule has 2 unspecified atom stereocenters. The van der Waals surface area contributed by atoms with Crippen molar-refractivity contribution in [3.8, 4) is 0 Å². The van der Waals surface area contributed by atoms with Crippen LogP contribution in [0.5, 0.6) is 0 Å². The molecule has 18 heavy (non-hydrogen) atoms. The fourth-order valence-corrected chi connectivity index (χ4v) is 3.35. The van der Waals surface area contributed by atoms with Crippen LogP contribution in [0.3, 0.4) is 0 Å². The van der Waals surface area contributed by atoms with Gasteiger partial charge in [0.2, 0.25) is 5.91 Å². The van der Waals surface area contributed by atoms with Crippen LogP contribution in [0.4, 0.5) is 0 Å². The second-order valence-corrected chi connectivity index (χ2v) is 6.58. The van der Waals surface area contributed by atoms with Gasteiger partial charge in [-0.2, -0.15) is 0 Å². The average Bonchev–Trinajstić information content (AvgIpc) is 2.34. The molecular weight excluding hydrogens is 250 g/mol. The van der Waals surface area contributed by atoms with Crippen LogP contribution < -0.4 is 5.32 Å². The lowest BCUT2D eigenvalue weighted by Crippen LogP contribution is -2.39. The van der Waals surface area contributed by atoms with Crippen LogP contribution in [0.1, 0.15) is 39.5 Å². The van der Waals surface area contributed by atoms with E-state index in [0.29, 0.717) is 12.3 Å². The largest absolute Gasteiger partial charge is 0.481 e. The Balaban J connectivity index is 2.36. The predicted molar refractivity (Wildman–Crippen MR) is 73.7 cm³/mol. The Labute approximate surface area is 113 Å². The molecule has 0 aliphatic carbocycles. The third kappa shape index (κ3) is 5.29. The van der Waals surface area contributed by atoms with Crippen LogP contribution in [-0.4, -0.2) is 34.5 Å². The van der Waals surface area contributed by atoms with Gasteiger partial charge in [-0.05, 0) is 30.9 Å². The van der Waals surface area contributed by atoms with Gasteiger partial charge in [0, 0.05) is 6.54 Å². The minimum absolute atomic E-state index is 0.00899. The van der Waals surface area contributed by atoms with Gasteiger partial charge in [0.05, 0.1) is 11.2 Å². The number of carbonyl (C=O) groups is 2. The summed E-state index contributed by atoms with van der Waals surface area (Å²) in [4.78, 5) is 23.0. The fourth-order valence-electron chi connectivity index (χ4n) is 2.13. The Morgan fingerprint density at radius 3 is 2.61 bits per heavy atom. The summed E-state index contributed by atoms with van der Waals surface area (Å²) in [5.41, 5.74) is 0. The molecule has 4 nitrogen and oxygen atoms in total. The molecule has 104 valence electrons. The molecule has 0 spiro atoms. The van der Waals surface area contributed by atoms with Gasteiger partial charge in [0.1, 0.15) is 0 Å². The van der Waals surface area contributed by atoms with E-state index in [0.717, 1.165) is 18.6 Å². The molecule has 1 amide bonds. The van der Waals surface area contributed by atoms with Crippen molar-refractivity contribution in [3.63, 3.8) is 0 Å². The van der Waals surface area contributed by atoms with Crippen molar-refractivity contribution in [3.05, 3.63) is 0 Å². The molecule has 0 radical (unpaired) electrons. The highest BCUT2D eigenvalue weighted by Gasteiger charge is 2.24. The Morgan fingerprint density at radius 2 is 2.11 bits per heavy atom. The molecule has 5 heteroatoms. The molecule has 2 N–H and O–H groups in total.